The number of nitrogens with zero attached hydrogens (tertiary/aromatic N) is 2. The standard InChI is InChI=1S/C24H19ClFN3O2/c25-18-10-8-16(9-11-18)12-13-27-22(30)15-29-21-7-2-1-6-20(21)28-24(29)23(31)17-4-3-5-19(26)14-17/h1-11,14H,12-13,15H2,(H,27,30). The molecule has 7 heteroatoms. The normalized spacial score (nSPS) is 10.9. The highest BCUT2D eigenvalue weighted by atomic mass is 35.5. The molecule has 0 fully saturated rings. The molecule has 0 aliphatic rings. The van der Waals surface area contributed by atoms with Gasteiger partial charge in [0.25, 0.3) is 0 Å². The van der Waals surface area contributed by atoms with Crippen LogP contribution in [-0.2, 0) is 17.8 Å². The largest absolute Gasteiger partial charge is 0.354 e. The van der Waals surface area contributed by atoms with E-state index in [0.29, 0.717) is 29.0 Å². The summed E-state index contributed by atoms with van der Waals surface area (Å²) in [6, 6.07) is 20.1. The maximum absolute atomic E-state index is 13.6. The Balaban J connectivity index is 1.53. The van der Waals surface area contributed by atoms with E-state index in [9.17, 15) is 14.0 Å². The number of hydrogen-bond donors (Lipinski definition) is 1. The second kappa shape index (κ2) is 9.10. The Morgan fingerprint density at radius 3 is 2.55 bits per heavy atom. The highest BCUT2D eigenvalue weighted by Gasteiger charge is 2.21. The molecule has 0 atom stereocenters. The third kappa shape index (κ3) is 4.81. The molecular weight excluding hydrogens is 417 g/mol. The summed E-state index contributed by atoms with van der Waals surface area (Å²) in [5.74, 6) is -1.09. The van der Waals surface area contributed by atoms with Crippen molar-refractivity contribution in [1.82, 2.24) is 14.9 Å². The van der Waals surface area contributed by atoms with E-state index in [-0.39, 0.29) is 23.8 Å². The molecule has 1 heterocycles. The molecule has 4 aromatic rings. The van der Waals surface area contributed by atoms with Crippen LogP contribution in [0, 0.1) is 5.82 Å². The second-order valence-corrected chi connectivity index (χ2v) is 7.51. The molecule has 0 aliphatic carbocycles. The van der Waals surface area contributed by atoms with Crippen LogP contribution in [0.15, 0.2) is 72.8 Å². The van der Waals surface area contributed by atoms with Crippen molar-refractivity contribution in [2.24, 2.45) is 0 Å². The number of ketones is 1. The van der Waals surface area contributed by atoms with Crippen molar-refractivity contribution >= 4 is 34.3 Å². The van der Waals surface area contributed by atoms with Crippen molar-refractivity contribution in [3.63, 3.8) is 0 Å². The number of fused-ring (bicyclic) bond motifs is 1. The fraction of sp³-hybridized carbons (Fsp3) is 0.125. The number of benzene rings is 3. The van der Waals surface area contributed by atoms with E-state index < -0.39 is 11.6 Å². The Labute approximate surface area is 183 Å². The summed E-state index contributed by atoms with van der Waals surface area (Å²) in [4.78, 5) is 30.0. The Bertz CT molecular complexity index is 1250. The lowest BCUT2D eigenvalue weighted by atomic mass is 10.1. The third-order valence-electron chi connectivity index (χ3n) is 4.90. The van der Waals surface area contributed by atoms with Gasteiger partial charge < -0.3 is 9.88 Å². The number of imidazole rings is 1. The summed E-state index contributed by atoms with van der Waals surface area (Å²) in [6.07, 6.45) is 0.655. The van der Waals surface area contributed by atoms with Gasteiger partial charge in [-0.05, 0) is 48.4 Å². The van der Waals surface area contributed by atoms with Crippen molar-refractivity contribution < 1.29 is 14.0 Å². The second-order valence-electron chi connectivity index (χ2n) is 7.08. The fourth-order valence-corrected chi connectivity index (χ4v) is 3.49. The number of para-hydroxylation sites is 2. The predicted molar refractivity (Wildman–Crippen MR) is 118 cm³/mol. The van der Waals surface area contributed by atoms with E-state index in [1.165, 1.54) is 18.2 Å². The molecule has 1 amide bonds. The number of nitrogens with one attached hydrogen (secondary N) is 1. The van der Waals surface area contributed by atoms with Crippen LogP contribution in [0.25, 0.3) is 11.0 Å². The van der Waals surface area contributed by atoms with Crippen LogP contribution in [0.5, 0.6) is 0 Å². The van der Waals surface area contributed by atoms with Crippen LogP contribution >= 0.6 is 11.6 Å². The smallest absolute Gasteiger partial charge is 0.240 e. The molecule has 1 aromatic heterocycles. The quantitative estimate of drug-likeness (QED) is 0.437. The summed E-state index contributed by atoms with van der Waals surface area (Å²) in [6.45, 7) is 0.373. The van der Waals surface area contributed by atoms with E-state index in [0.717, 1.165) is 11.6 Å². The van der Waals surface area contributed by atoms with Gasteiger partial charge in [0.15, 0.2) is 5.82 Å². The highest BCUT2D eigenvalue weighted by molar-refractivity contribution is 6.30. The molecule has 0 saturated heterocycles. The number of rotatable bonds is 7. The average molecular weight is 436 g/mol. The number of halogens is 2. The van der Waals surface area contributed by atoms with Crippen LogP contribution in [0.2, 0.25) is 5.02 Å². The monoisotopic (exact) mass is 435 g/mol. The van der Waals surface area contributed by atoms with Crippen molar-refractivity contribution in [2.75, 3.05) is 6.54 Å². The molecule has 5 nitrogen and oxygen atoms in total. The molecule has 0 unspecified atom stereocenters. The van der Waals surface area contributed by atoms with Crippen LogP contribution in [0.3, 0.4) is 0 Å². The molecule has 0 aliphatic heterocycles. The summed E-state index contributed by atoms with van der Waals surface area (Å²) in [5.41, 5.74) is 2.49. The fourth-order valence-electron chi connectivity index (χ4n) is 3.36. The number of carbonyl (C=O) groups excluding carboxylic acids is 2. The molecule has 156 valence electrons. The minimum absolute atomic E-state index is 0.0719. The minimum Gasteiger partial charge on any atom is -0.354 e. The van der Waals surface area contributed by atoms with Gasteiger partial charge in [-0.3, -0.25) is 9.59 Å². The summed E-state index contributed by atoms with van der Waals surface area (Å²) >= 11 is 5.89. The van der Waals surface area contributed by atoms with Gasteiger partial charge >= 0.3 is 0 Å². The van der Waals surface area contributed by atoms with Crippen LogP contribution in [0.1, 0.15) is 21.7 Å². The molecule has 31 heavy (non-hydrogen) atoms. The van der Waals surface area contributed by atoms with E-state index in [2.05, 4.69) is 10.3 Å². The first-order chi connectivity index (χ1) is 15.0. The third-order valence-corrected chi connectivity index (χ3v) is 5.15. The zero-order valence-corrected chi connectivity index (χ0v) is 17.3. The summed E-state index contributed by atoms with van der Waals surface area (Å²) < 4.78 is 15.2. The predicted octanol–water partition coefficient (Wildman–Crippen LogP) is 4.42. The lowest BCUT2D eigenvalue weighted by Crippen LogP contribution is -2.30. The number of amides is 1. The molecule has 0 bridgehead atoms. The van der Waals surface area contributed by atoms with Gasteiger partial charge in [0, 0.05) is 17.1 Å². The highest BCUT2D eigenvalue weighted by Crippen LogP contribution is 2.19. The topological polar surface area (TPSA) is 64.0 Å². The van der Waals surface area contributed by atoms with Crippen molar-refractivity contribution in [2.45, 2.75) is 13.0 Å². The van der Waals surface area contributed by atoms with Crippen LogP contribution < -0.4 is 5.32 Å². The molecule has 4 rings (SSSR count). The molecule has 3 aromatic carbocycles. The first-order valence-corrected chi connectivity index (χ1v) is 10.2. The van der Waals surface area contributed by atoms with Crippen molar-refractivity contribution in [1.29, 1.82) is 0 Å². The van der Waals surface area contributed by atoms with E-state index in [1.54, 1.807) is 28.8 Å². The Morgan fingerprint density at radius 2 is 1.77 bits per heavy atom. The first-order valence-electron chi connectivity index (χ1n) is 9.78. The Hall–Kier alpha value is -3.51. The SMILES string of the molecule is O=C(Cn1c(C(=O)c2cccc(F)c2)nc2ccccc21)NCCc1ccc(Cl)cc1. The number of carbonyl (C=O) groups is 2. The van der Waals surface area contributed by atoms with Gasteiger partial charge in [0.1, 0.15) is 12.4 Å². The van der Waals surface area contributed by atoms with E-state index >= 15 is 0 Å². The van der Waals surface area contributed by atoms with Crippen molar-refractivity contribution in [3.05, 3.63) is 101 Å². The van der Waals surface area contributed by atoms with Gasteiger partial charge in [0.2, 0.25) is 11.7 Å². The van der Waals surface area contributed by atoms with E-state index in [4.69, 9.17) is 11.6 Å². The lowest BCUT2D eigenvalue weighted by molar-refractivity contribution is -0.121. The van der Waals surface area contributed by atoms with Gasteiger partial charge in [-0.1, -0.05) is 48.0 Å². The molecule has 0 saturated carbocycles. The van der Waals surface area contributed by atoms with Gasteiger partial charge in [0.05, 0.1) is 11.0 Å². The zero-order valence-electron chi connectivity index (χ0n) is 16.5. The van der Waals surface area contributed by atoms with Gasteiger partial charge in [-0.2, -0.15) is 0 Å². The van der Waals surface area contributed by atoms with E-state index in [1.807, 2.05) is 24.3 Å². The maximum atomic E-state index is 13.6. The zero-order chi connectivity index (χ0) is 21.8. The molecule has 0 spiro atoms. The summed E-state index contributed by atoms with van der Waals surface area (Å²) in [7, 11) is 0. The maximum Gasteiger partial charge on any atom is 0.240 e. The number of hydrogen-bond acceptors (Lipinski definition) is 3. The molecular formula is C24H19ClFN3O2. The Kier molecular flexibility index (Phi) is 6.09. The Morgan fingerprint density at radius 1 is 1.00 bits per heavy atom. The van der Waals surface area contributed by atoms with Gasteiger partial charge in [-0.25, -0.2) is 9.37 Å². The van der Waals surface area contributed by atoms with Crippen LogP contribution in [-0.4, -0.2) is 27.8 Å². The lowest BCUT2D eigenvalue weighted by Gasteiger charge is -2.10. The minimum atomic E-state index is -0.506. The van der Waals surface area contributed by atoms with Crippen LogP contribution in [0.4, 0.5) is 4.39 Å². The summed E-state index contributed by atoms with van der Waals surface area (Å²) in [5, 5.41) is 3.53. The average Bonchev–Trinajstić information content (AvgIpc) is 3.13. The van der Waals surface area contributed by atoms with Crippen molar-refractivity contribution in [3.8, 4) is 0 Å². The molecule has 0 radical (unpaired) electrons. The number of aromatic nitrogens is 2. The first kappa shape index (κ1) is 20.8. The van der Waals surface area contributed by atoms with Gasteiger partial charge in [-0.15, -0.1) is 0 Å². The molecule has 1 N–H and O–H groups in total.